The molecule has 0 aliphatic carbocycles. The van der Waals surface area contributed by atoms with Crippen molar-refractivity contribution in [1.29, 1.82) is 0 Å². The zero-order valence-corrected chi connectivity index (χ0v) is 15.4. The van der Waals surface area contributed by atoms with Crippen molar-refractivity contribution in [3.05, 3.63) is 36.7 Å². The number of phenols is 1. The monoisotopic (exact) mass is 365 g/mol. The lowest BCUT2D eigenvalue weighted by Gasteiger charge is -2.18. The molecule has 8 nitrogen and oxygen atoms in total. The van der Waals surface area contributed by atoms with Gasteiger partial charge < -0.3 is 15.3 Å². The molecule has 1 atom stereocenters. The number of rotatable bonds is 5. The zero-order valence-electron chi connectivity index (χ0n) is 15.4. The van der Waals surface area contributed by atoms with Gasteiger partial charge in [-0.25, -0.2) is 4.98 Å². The first-order valence-corrected chi connectivity index (χ1v) is 9.14. The minimum absolute atomic E-state index is 0.127. The van der Waals surface area contributed by atoms with Crippen molar-refractivity contribution in [2.75, 3.05) is 18.0 Å². The van der Waals surface area contributed by atoms with Crippen molar-refractivity contribution in [3.8, 4) is 28.3 Å². The Labute approximate surface area is 157 Å². The quantitative estimate of drug-likeness (QED) is 0.637. The summed E-state index contributed by atoms with van der Waals surface area (Å²) in [7, 11) is 0. The van der Waals surface area contributed by atoms with Gasteiger partial charge in [-0.1, -0.05) is 19.9 Å². The van der Waals surface area contributed by atoms with Crippen LogP contribution < -0.4 is 10.2 Å². The van der Waals surface area contributed by atoms with E-state index in [1.807, 2.05) is 18.2 Å². The van der Waals surface area contributed by atoms with Crippen LogP contribution >= 0.6 is 0 Å². The van der Waals surface area contributed by atoms with Gasteiger partial charge in [-0.05, 0) is 24.6 Å². The van der Waals surface area contributed by atoms with Crippen molar-refractivity contribution in [3.63, 3.8) is 0 Å². The summed E-state index contributed by atoms with van der Waals surface area (Å²) in [4.78, 5) is 6.60. The third-order valence-electron chi connectivity index (χ3n) is 4.66. The van der Waals surface area contributed by atoms with Gasteiger partial charge in [0.15, 0.2) is 0 Å². The first-order chi connectivity index (χ1) is 13.1. The van der Waals surface area contributed by atoms with Gasteiger partial charge in [0.05, 0.1) is 11.9 Å². The molecule has 0 radical (unpaired) electrons. The summed E-state index contributed by atoms with van der Waals surface area (Å²) >= 11 is 0. The van der Waals surface area contributed by atoms with E-state index in [9.17, 15) is 5.11 Å². The van der Waals surface area contributed by atoms with Gasteiger partial charge in [0.2, 0.25) is 5.95 Å². The predicted molar refractivity (Wildman–Crippen MR) is 103 cm³/mol. The summed E-state index contributed by atoms with van der Waals surface area (Å²) in [5.74, 6) is 0.751. The molecule has 1 aliphatic rings. The SMILES string of the molecule is CC(C)NC1CCN(c2ncc(-c3ccc(-c4cc[nH]n4)cc3O)nn2)C1. The van der Waals surface area contributed by atoms with E-state index in [1.165, 1.54) is 0 Å². The molecule has 140 valence electrons. The van der Waals surface area contributed by atoms with Gasteiger partial charge in [-0.3, -0.25) is 5.10 Å². The molecule has 2 aromatic heterocycles. The summed E-state index contributed by atoms with van der Waals surface area (Å²) in [6.07, 6.45) is 4.47. The molecule has 0 saturated carbocycles. The number of nitrogens with one attached hydrogen (secondary N) is 2. The number of phenolic OH excluding ortho intramolecular Hbond substituents is 1. The van der Waals surface area contributed by atoms with Crippen LogP contribution in [-0.2, 0) is 0 Å². The van der Waals surface area contributed by atoms with E-state index in [2.05, 4.69) is 49.4 Å². The van der Waals surface area contributed by atoms with Gasteiger partial charge in [-0.2, -0.15) is 5.10 Å². The highest BCUT2D eigenvalue weighted by Crippen LogP contribution is 2.31. The van der Waals surface area contributed by atoms with Gasteiger partial charge in [0.25, 0.3) is 0 Å². The molecule has 1 aromatic carbocycles. The first kappa shape index (κ1) is 17.4. The lowest BCUT2D eigenvalue weighted by atomic mass is 10.1. The van der Waals surface area contributed by atoms with E-state index in [0.717, 1.165) is 30.8 Å². The van der Waals surface area contributed by atoms with Gasteiger partial charge in [0.1, 0.15) is 11.4 Å². The normalized spacial score (nSPS) is 17.0. The number of hydrogen-bond donors (Lipinski definition) is 3. The molecule has 0 bridgehead atoms. The van der Waals surface area contributed by atoms with Crippen molar-refractivity contribution in [2.45, 2.75) is 32.4 Å². The number of aromatic hydroxyl groups is 1. The maximum Gasteiger partial charge on any atom is 0.245 e. The summed E-state index contributed by atoms with van der Waals surface area (Å²) in [5, 5.41) is 29.4. The van der Waals surface area contributed by atoms with Crippen LogP contribution in [0, 0.1) is 0 Å². The Kier molecular flexibility index (Phi) is 4.72. The Balaban J connectivity index is 1.49. The topological polar surface area (TPSA) is 103 Å². The maximum atomic E-state index is 10.4. The summed E-state index contributed by atoms with van der Waals surface area (Å²) in [6, 6.07) is 8.13. The molecule has 3 aromatic rings. The van der Waals surface area contributed by atoms with Crippen molar-refractivity contribution >= 4 is 5.95 Å². The number of aromatic amines is 1. The largest absolute Gasteiger partial charge is 0.507 e. The van der Waals surface area contributed by atoms with Crippen LogP contribution in [0.2, 0.25) is 0 Å². The van der Waals surface area contributed by atoms with Crippen LogP contribution in [0.5, 0.6) is 5.75 Å². The number of aromatic nitrogens is 5. The van der Waals surface area contributed by atoms with Gasteiger partial charge in [0, 0.05) is 42.5 Å². The summed E-state index contributed by atoms with van der Waals surface area (Å²) in [5.41, 5.74) is 2.74. The number of hydrogen-bond acceptors (Lipinski definition) is 7. The number of benzene rings is 1. The van der Waals surface area contributed by atoms with E-state index in [4.69, 9.17) is 0 Å². The van der Waals surface area contributed by atoms with Crippen molar-refractivity contribution in [1.82, 2.24) is 30.7 Å². The van der Waals surface area contributed by atoms with Gasteiger partial charge >= 0.3 is 0 Å². The van der Waals surface area contributed by atoms with Crippen LogP contribution in [-0.4, -0.2) is 55.7 Å². The summed E-state index contributed by atoms with van der Waals surface area (Å²) in [6.45, 7) is 6.09. The predicted octanol–water partition coefficient (Wildman–Crippen LogP) is 2.21. The zero-order chi connectivity index (χ0) is 18.8. The molecule has 0 spiro atoms. The van der Waals surface area contributed by atoms with Crippen molar-refractivity contribution in [2.24, 2.45) is 0 Å². The summed E-state index contributed by atoms with van der Waals surface area (Å²) < 4.78 is 0. The molecular formula is C19H23N7O. The van der Waals surface area contributed by atoms with E-state index in [1.54, 1.807) is 18.5 Å². The first-order valence-electron chi connectivity index (χ1n) is 9.14. The number of anilines is 1. The van der Waals surface area contributed by atoms with E-state index >= 15 is 0 Å². The smallest absolute Gasteiger partial charge is 0.245 e. The molecule has 1 unspecified atom stereocenters. The van der Waals surface area contributed by atoms with Crippen LogP contribution in [0.25, 0.3) is 22.5 Å². The standard InChI is InChI=1S/C19H23N7O/c1-12(2)22-14-6-8-26(11-14)19-20-10-17(24-25-19)15-4-3-13(9-18(15)27)16-5-7-21-23-16/h3-5,7,9-10,12,14,22,27H,6,8,11H2,1-2H3,(H,21,23). The fourth-order valence-corrected chi connectivity index (χ4v) is 3.42. The highest BCUT2D eigenvalue weighted by Gasteiger charge is 2.25. The van der Waals surface area contributed by atoms with E-state index < -0.39 is 0 Å². The van der Waals surface area contributed by atoms with Crippen LogP contribution in [0.1, 0.15) is 20.3 Å². The fourth-order valence-electron chi connectivity index (χ4n) is 3.42. The molecular weight excluding hydrogens is 342 g/mol. The van der Waals surface area contributed by atoms with E-state index in [0.29, 0.717) is 29.3 Å². The number of nitrogens with zero attached hydrogens (tertiary/aromatic N) is 5. The Morgan fingerprint density at radius 2 is 2.11 bits per heavy atom. The Morgan fingerprint density at radius 3 is 2.78 bits per heavy atom. The molecule has 0 amide bonds. The third kappa shape index (κ3) is 3.75. The molecule has 4 rings (SSSR count). The Bertz CT molecular complexity index is 893. The second-order valence-corrected chi connectivity index (χ2v) is 7.09. The lowest BCUT2D eigenvalue weighted by molar-refractivity contribution is 0.477. The molecule has 3 N–H and O–H groups in total. The molecule has 27 heavy (non-hydrogen) atoms. The highest BCUT2D eigenvalue weighted by atomic mass is 16.3. The highest BCUT2D eigenvalue weighted by molar-refractivity contribution is 5.72. The molecule has 1 saturated heterocycles. The lowest BCUT2D eigenvalue weighted by Crippen LogP contribution is -2.37. The van der Waals surface area contributed by atoms with E-state index in [-0.39, 0.29) is 5.75 Å². The van der Waals surface area contributed by atoms with Crippen LogP contribution in [0.15, 0.2) is 36.7 Å². The van der Waals surface area contributed by atoms with Crippen LogP contribution in [0.3, 0.4) is 0 Å². The minimum atomic E-state index is 0.127. The number of H-pyrrole nitrogens is 1. The molecule has 1 fully saturated rings. The van der Waals surface area contributed by atoms with Crippen molar-refractivity contribution < 1.29 is 5.11 Å². The molecule has 1 aliphatic heterocycles. The third-order valence-corrected chi connectivity index (χ3v) is 4.66. The second kappa shape index (κ2) is 7.32. The van der Waals surface area contributed by atoms with Crippen LogP contribution in [0.4, 0.5) is 5.95 Å². The average molecular weight is 365 g/mol. The molecule has 3 heterocycles. The Morgan fingerprint density at radius 1 is 1.22 bits per heavy atom. The fraction of sp³-hybridized carbons (Fsp3) is 0.368. The molecule has 8 heteroatoms. The Hall–Kier alpha value is -3.00. The second-order valence-electron chi connectivity index (χ2n) is 7.09. The maximum absolute atomic E-state index is 10.4. The minimum Gasteiger partial charge on any atom is -0.507 e. The van der Waals surface area contributed by atoms with Gasteiger partial charge in [-0.15, -0.1) is 10.2 Å². The average Bonchev–Trinajstić information content (AvgIpc) is 3.33.